The van der Waals surface area contributed by atoms with Gasteiger partial charge in [0.2, 0.25) is 10.0 Å². The smallest absolute Gasteiger partial charge is 0.242 e. The molecular formula is C14H18N2O2S. The number of hydrogen-bond acceptors (Lipinski definition) is 3. The van der Waals surface area contributed by atoms with Gasteiger partial charge in [-0.2, -0.15) is 0 Å². The minimum atomic E-state index is -3.40. The van der Waals surface area contributed by atoms with E-state index in [1.165, 1.54) is 0 Å². The summed E-state index contributed by atoms with van der Waals surface area (Å²) in [5.74, 6) is 0. The molecule has 19 heavy (non-hydrogen) atoms. The molecule has 0 atom stereocenters. The number of benzene rings is 1. The molecule has 0 amide bonds. The summed E-state index contributed by atoms with van der Waals surface area (Å²) < 4.78 is 27.3. The summed E-state index contributed by atoms with van der Waals surface area (Å²) >= 11 is 0. The monoisotopic (exact) mass is 278 g/mol. The lowest BCUT2D eigenvalue weighted by molar-refractivity contribution is 0.581. The molecular weight excluding hydrogens is 260 g/mol. The van der Waals surface area contributed by atoms with Crippen molar-refractivity contribution in [2.24, 2.45) is 0 Å². The lowest BCUT2D eigenvalue weighted by Gasteiger charge is -2.17. The molecule has 0 aromatic heterocycles. The van der Waals surface area contributed by atoms with Crippen molar-refractivity contribution in [3.8, 4) is 0 Å². The highest BCUT2D eigenvalue weighted by atomic mass is 32.2. The predicted molar refractivity (Wildman–Crippen MR) is 75.6 cm³/mol. The van der Waals surface area contributed by atoms with E-state index in [2.05, 4.69) is 22.2 Å². The van der Waals surface area contributed by atoms with Crippen molar-refractivity contribution in [1.82, 2.24) is 4.72 Å². The lowest BCUT2D eigenvalue weighted by atomic mass is 10.2. The van der Waals surface area contributed by atoms with E-state index in [-0.39, 0.29) is 6.04 Å². The third kappa shape index (κ3) is 2.98. The third-order valence-electron chi connectivity index (χ3n) is 3.44. The summed E-state index contributed by atoms with van der Waals surface area (Å²) in [4.78, 5) is 0.355. The summed E-state index contributed by atoms with van der Waals surface area (Å²) in [6.07, 6.45) is 8.03. The standard InChI is InChI=1S/C14H18N2O2S/c17-19(18,16-12-9-10-12)14-8-4-3-7-13(14)15-11-5-1-2-6-11/h1-4,7-8,11-12,15-16H,5-6,9-10H2. The Balaban J connectivity index is 1.83. The largest absolute Gasteiger partial charge is 0.381 e. The summed E-state index contributed by atoms with van der Waals surface area (Å²) in [5.41, 5.74) is 0.698. The van der Waals surface area contributed by atoms with Gasteiger partial charge in [0.1, 0.15) is 4.90 Å². The average molecular weight is 278 g/mol. The minimum Gasteiger partial charge on any atom is -0.381 e. The Morgan fingerprint density at radius 2 is 1.68 bits per heavy atom. The number of nitrogens with one attached hydrogen (secondary N) is 2. The zero-order chi connectivity index (χ0) is 13.3. The fourth-order valence-electron chi connectivity index (χ4n) is 2.26. The molecule has 1 saturated carbocycles. The van der Waals surface area contributed by atoms with Gasteiger partial charge < -0.3 is 5.32 Å². The van der Waals surface area contributed by atoms with Crippen LogP contribution >= 0.6 is 0 Å². The first-order valence-corrected chi connectivity index (χ1v) is 8.16. The van der Waals surface area contributed by atoms with Crippen LogP contribution in [0.25, 0.3) is 0 Å². The van der Waals surface area contributed by atoms with Gasteiger partial charge in [-0.25, -0.2) is 13.1 Å². The van der Waals surface area contributed by atoms with Crippen molar-refractivity contribution < 1.29 is 8.42 Å². The van der Waals surface area contributed by atoms with Crippen molar-refractivity contribution in [1.29, 1.82) is 0 Å². The van der Waals surface area contributed by atoms with Crippen LogP contribution in [0.15, 0.2) is 41.3 Å². The summed E-state index contributed by atoms with van der Waals surface area (Å²) in [6.45, 7) is 0. The highest BCUT2D eigenvalue weighted by molar-refractivity contribution is 7.89. The molecule has 2 N–H and O–H groups in total. The number of anilines is 1. The lowest BCUT2D eigenvalue weighted by Crippen LogP contribution is -2.27. The van der Waals surface area contributed by atoms with Gasteiger partial charge in [-0.05, 0) is 37.8 Å². The van der Waals surface area contributed by atoms with Gasteiger partial charge in [0, 0.05) is 12.1 Å². The van der Waals surface area contributed by atoms with Gasteiger partial charge in [0.05, 0.1) is 5.69 Å². The quantitative estimate of drug-likeness (QED) is 0.812. The number of rotatable bonds is 5. The molecule has 5 heteroatoms. The van der Waals surface area contributed by atoms with E-state index >= 15 is 0 Å². The Bertz CT molecular complexity index is 583. The van der Waals surface area contributed by atoms with Crippen LogP contribution in [-0.2, 0) is 10.0 Å². The van der Waals surface area contributed by atoms with Gasteiger partial charge in [-0.15, -0.1) is 0 Å². The van der Waals surface area contributed by atoms with Crippen LogP contribution in [0, 0.1) is 0 Å². The van der Waals surface area contributed by atoms with E-state index in [4.69, 9.17) is 0 Å². The normalized spacial score (nSPS) is 19.8. The van der Waals surface area contributed by atoms with E-state index in [0.29, 0.717) is 16.6 Å². The molecule has 1 aromatic carbocycles. The number of sulfonamides is 1. The first-order valence-electron chi connectivity index (χ1n) is 6.68. The molecule has 0 aliphatic heterocycles. The molecule has 0 heterocycles. The fraction of sp³-hybridized carbons (Fsp3) is 0.429. The van der Waals surface area contributed by atoms with Crippen LogP contribution in [0.3, 0.4) is 0 Å². The maximum atomic E-state index is 12.3. The van der Waals surface area contributed by atoms with Gasteiger partial charge in [0.15, 0.2) is 0 Å². The van der Waals surface area contributed by atoms with Gasteiger partial charge in [-0.1, -0.05) is 24.3 Å². The van der Waals surface area contributed by atoms with Crippen molar-refractivity contribution in [3.63, 3.8) is 0 Å². The Kier molecular flexibility index (Phi) is 3.33. The van der Waals surface area contributed by atoms with E-state index < -0.39 is 10.0 Å². The summed E-state index contributed by atoms with van der Waals surface area (Å²) in [6, 6.07) is 7.55. The highest BCUT2D eigenvalue weighted by Gasteiger charge is 2.29. The molecule has 0 bridgehead atoms. The second-order valence-electron chi connectivity index (χ2n) is 5.18. The molecule has 102 valence electrons. The summed E-state index contributed by atoms with van der Waals surface area (Å²) in [5, 5.41) is 3.33. The van der Waals surface area contributed by atoms with Gasteiger partial charge in [0.25, 0.3) is 0 Å². The van der Waals surface area contributed by atoms with Gasteiger partial charge in [-0.3, -0.25) is 0 Å². The number of para-hydroxylation sites is 1. The maximum absolute atomic E-state index is 12.3. The molecule has 3 rings (SSSR count). The van der Waals surface area contributed by atoms with E-state index in [0.717, 1.165) is 25.7 Å². The zero-order valence-corrected chi connectivity index (χ0v) is 11.5. The number of hydrogen-bond donors (Lipinski definition) is 2. The maximum Gasteiger partial charge on any atom is 0.242 e. The van der Waals surface area contributed by atoms with Crippen LogP contribution in [-0.4, -0.2) is 20.5 Å². The van der Waals surface area contributed by atoms with Crippen LogP contribution in [0.5, 0.6) is 0 Å². The predicted octanol–water partition coefficient (Wildman–Crippen LogP) is 2.26. The molecule has 0 radical (unpaired) electrons. The molecule has 4 nitrogen and oxygen atoms in total. The molecule has 0 unspecified atom stereocenters. The van der Waals surface area contributed by atoms with Gasteiger partial charge >= 0.3 is 0 Å². The highest BCUT2D eigenvalue weighted by Crippen LogP contribution is 2.27. The van der Waals surface area contributed by atoms with E-state index in [1.807, 2.05) is 12.1 Å². The SMILES string of the molecule is O=S(=O)(NC1CC1)c1ccccc1NC1CC=CC1. The second kappa shape index (κ2) is 4.98. The zero-order valence-electron chi connectivity index (χ0n) is 10.7. The summed E-state index contributed by atoms with van der Waals surface area (Å²) in [7, 11) is -3.40. The first kappa shape index (κ1) is 12.7. The van der Waals surface area contributed by atoms with Crippen LogP contribution in [0.1, 0.15) is 25.7 Å². The molecule has 0 spiro atoms. The molecule has 1 aromatic rings. The Morgan fingerprint density at radius 3 is 2.37 bits per heavy atom. The average Bonchev–Trinajstić information content (AvgIpc) is 3.03. The Hall–Kier alpha value is -1.33. The van der Waals surface area contributed by atoms with Crippen molar-refractivity contribution >= 4 is 15.7 Å². The fourth-order valence-corrected chi connectivity index (χ4v) is 3.73. The van der Waals surface area contributed by atoms with Crippen molar-refractivity contribution in [2.45, 2.75) is 42.7 Å². The topological polar surface area (TPSA) is 58.2 Å². The van der Waals surface area contributed by atoms with Crippen molar-refractivity contribution in [2.75, 3.05) is 5.32 Å². The molecule has 1 fully saturated rings. The van der Waals surface area contributed by atoms with Crippen LogP contribution in [0.4, 0.5) is 5.69 Å². The second-order valence-corrected chi connectivity index (χ2v) is 6.86. The van der Waals surface area contributed by atoms with E-state index in [9.17, 15) is 8.42 Å². The van der Waals surface area contributed by atoms with Crippen LogP contribution < -0.4 is 10.0 Å². The van der Waals surface area contributed by atoms with Crippen LogP contribution in [0.2, 0.25) is 0 Å². The Labute approximate surface area is 114 Å². The van der Waals surface area contributed by atoms with Crippen molar-refractivity contribution in [3.05, 3.63) is 36.4 Å². The molecule has 0 saturated heterocycles. The molecule has 2 aliphatic rings. The minimum absolute atomic E-state index is 0.131. The Morgan fingerprint density at radius 1 is 1.00 bits per heavy atom. The third-order valence-corrected chi connectivity index (χ3v) is 5.02. The van der Waals surface area contributed by atoms with E-state index in [1.54, 1.807) is 12.1 Å². The first-order chi connectivity index (χ1) is 9.15. The molecule has 2 aliphatic carbocycles.